The van der Waals surface area contributed by atoms with E-state index >= 15 is 0 Å². The van der Waals surface area contributed by atoms with Crippen LogP contribution >= 0.6 is 0 Å². The third kappa shape index (κ3) is 5.32. The molecule has 0 amide bonds. The molecule has 0 unspecified atom stereocenters. The molecule has 1 aliphatic rings. The molecular formula is C21H31N5O. The van der Waals surface area contributed by atoms with Crippen LogP contribution in [0.1, 0.15) is 38.2 Å². The Morgan fingerprint density at radius 1 is 1.30 bits per heavy atom. The van der Waals surface area contributed by atoms with E-state index in [-0.39, 0.29) is 0 Å². The molecule has 2 N–H and O–H groups in total. The molecule has 1 aliphatic carbocycles. The average Bonchev–Trinajstić information content (AvgIpc) is 3.20. The monoisotopic (exact) mass is 369 g/mol. The Kier molecular flexibility index (Phi) is 6.87. The lowest BCUT2D eigenvalue weighted by Crippen LogP contribution is -2.46. The van der Waals surface area contributed by atoms with Crippen LogP contribution in [0.3, 0.4) is 0 Å². The summed E-state index contributed by atoms with van der Waals surface area (Å²) in [5, 5.41) is 11.2. The van der Waals surface area contributed by atoms with E-state index in [1.807, 2.05) is 16.9 Å². The Bertz CT molecular complexity index is 722. The molecule has 1 heterocycles. The average molecular weight is 370 g/mol. The van der Waals surface area contributed by atoms with Gasteiger partial charge in [-0.05, 0) is 55.4 Å². The van der Waals surface area contributed by atoms with Crippen molar-refractivity contribution in [3.63, 3.8) is 0 Å². The van der Waals surface area contributed by atoms with E-state index in [0.717, 1.165) is 43.3 Å². The highest BCUT2D eigenvalue weighted by molar-refractivity contribution is 5.79. The van der Waals surface area contributed by atoms with Gasteiger partial charge in [-0.25, -0.2) is 9.67 Å². The van der Waals surface area contributed by atoms with Gasteiger partial charge in [0, 0.05) is 39.2 Å². The molecule has 1 aromatic heterocycles. The summed E-state index contributed by atoms with van der Waals surface area (Å²) in [5.41, 5.74) is 2.59. The largest absolute Gasteiger partial charge is 0.385 e. The number of rotatable bonds is 9. The van der Waals surface area contributed by atoms with Gasteiger partial charge in [0.25, 0.3) is 0 Å². The number of benzene rings is 1. The number of nitrogens with one attached hydrogen (secondary N) is 2. The molecule has 27 heavy (non-hydrogen) atoms. The van der Waals surface area contributed by atoms with Crippen molar-refractivity contribution < 1.29 is 4.74 Å². The molecule has 146 valence electrons. The lowest BCUT2D eigenvalue weighted by molar-refractivity contribution is 0.0732. The van der Waals surface area contributed by atoms with Crippen LogP contribution in [0.4, 0.5) is 0 Å². The van der Waals surface area contributed by atoms with Crippen molar-refractivity contribution >= 4 is 5.96 Å². The molecule has 0 radical (unpaired) electrons. The number of ether oxygens (including phenoxy) is 1. The van der Waals surface area contributed by atoms with Crippen molar-refractivity contribution in [2.24, 2.45) is 10.4 Å². The summed E-state index contributed by atoms with van der Waals surface area (Å²) in [6.07, 6.45) is 8.72. The van der Waals surface area contributed by atoms with Gasteiger partial charge in [0.2, 0.25) is 0 Å². The summed E-state index contributed by atoms with van der Waals surface area (Å²) in [4.78, 5) is 4.78. The van der Waals surface area contributed by atoms with Crippen LogP contribution in [0.15, 0.2) is 47.7 Å². The second-order valence-corrected chi connectivity index (χ2v) is 7.27. The van der Waals surface area contributed by atoms with Gasteiger partial charge in [-0.3, -0.25) is 0 Å². The van der Waals surface area contributed by atoms with Gasteiger partial charge in [0.15, 0.2) is 5.96 Å². The fraction of sp³-hybridized carbons (Fsp3) is 0.524. The maximum atomic E-state index is 5.29. The SMILES string of the molecule is CCNC(=NCc1cccc(-n2cccn2)c1)NCC1(CCOC)CCC1. The molecule has 2 aromatic rings. The summed E-state index contributed by atoms with van der Waals surface area (Å²) in [7, 11) is 1.78. The van der Waals surface area contributed by atoms with E-state index in [9.17, 15) is 0 Å². The molecule has 1 aromatic carbocycles. The number of methoxy groups -OCH3 is 1. The second-order valence-electron chi connectivity index (χ2n) is 7.27. The predicted octanol–water partition coefficient (Wildman–Crippen LogP) is 3.13. The fourth-order valence-electron chi connectivity index (χ4n) is 3.51. The highest BCUT2D eigenvalue weighted by Gasteiger charge is 2.36. The summed E-state index contributed by atoms with van der Waals surface area (Å²) < 4.78 is 7.16. The smallest absolute Gasteiger partial charge is 0.191 e. The van der Waals surface area contributed by atoms with Crippen LogP contribution in [0.25, 0.3) is 5.69 Å². The first-order chi connectivity index (χ1) is 13.2. The Morgan fingerprint density at radius 2 is 2.19 bits per heavy atom. The molecule has 0 saturated heterocycles. The van der Waals surface area contributed by atoms with Crippen molar-refractivity contribution in [3.05, 3.63) is 48.3 Å². The first kappa shape index (κ1) is 19.4. The molecule has 6 nitrogen and oxygen atoms in total. The molecule has 1 saturated carbocycles. The molecule has 0 atom stereocenters. The molecule has 3 rings (SSSR count). The second kappa shape index (κ2) is 9.55. The van der Waals surface area contributed by atoms with Crippen molar-refractivity contribution in [1.29, 1.82) is 0 Å². The quantitative estimate of drug-likeness (QED) is 0.526. The highest BCUT2D eigenvalue weighted by atomic mass is 16.5. The Hall–Kier alpha value is -2.34. The Labute approximate surface area is 162 Å². The lowest BCUT2D eigenvalue weighted by atomic mass is 9.67. The minimum atomic E-state index is 0.367. The topological polar surface area (TPSA) is 63.5 Å². The van der Waals surface area contributed by atoms with Crippen LogP contribution in [0.2, 0.25) is 0 Å². The third-order valence-corrected chi connectivity index (χ3v) is 5.33. The number of hydrogen-bond acceptors (Lipinski definition) is 3. The zero-order valence-corrected chi connectivity index (χ0v) is 16.4. The molecule has 1 fully saturated rings. The minimum Gasteiger partial charge on any atom is -0.385 e. The van der Waals surface area contributed by atoms with Crippen LogP contribution in [0.5, 0.6) is 0 Å². The van der Waals surface area contributed by atoms with Gasteiger partial charge >= 0.3 is 0 Å². The van der Waals surface area contributed by atoms with Crippen molar-refractivity contribution in [3.8, 4) is 5.69 Å². The number of aliphatic imine (C=N–C) groups is 1. The predicted molar refractivity (Wildman–Crippen MR) is 109 cm³/mol. The number of hydrogen-bond donors (Lipinski definition) is 2. The number of nitrogens with zero attached hydrogens (tertiary/aromatic N) is 3. The van der Waals surface area contributed by atoms with E-state index in [2.05, 4.69) is 46.9 Å². The van der Waals surface area contributed by atoms with Gasteiger partial charge < -0.3 is 15.4 Å². The van der Waals surface area contributed by atoms with E-state index in [0.29, 0.717) is 12.0 Å². The summed E-state index contributed by atoms with van der Waals surface area (Å²) >= 11 is 0. The number of guanidine groups is 1. The molecular weight excluding hydrogens is 338 g/mol. The van der Waals surface area contributed by atoms with E-state index in [1.165, 1.54) is 19.3 Å². The first-order valence-corrected chi connectivity index (χ1v) is 9.85. The Balaban J connectivity index is 1.61. The van der Waals surface area contributed by atoms with Crippen molar-refractivity contribution in [2.75, 3.05) is 26.8 Å². The van der Waals surface area contributed by atoms with E-state index < -0.39 is 0 Å². The minimum absolute atomic E-state index is 0.367. The van der Waals surface area contributed by atoms with E-state index in [4.69, 9.17) is 9.73 Å². The van der Waals surface area contributed by atoms with Crippen LogP contribution < -0.4 is 10.6 Å². The normalized spacial score (nSPS) is 16.0. The molecule has 6 heteroatoms. The third-order valence-electron chi connectivity index (χ3n) is 5.33. The first-order valence-electron chi connectivity index (χ1n) is 9.85. The van der Waals surface area contributed by atoms with Crippen LogP contribution in [-0.2, 0) is 11.3 Å². The van der Waals surface area contributed by atoms with Crippen molar-refractivity contribution in [2.45, 2.75) is 39.2 Å². The maximum Gasteiger partial charge on any atom is 0.191 e. The zero-order valence-electron chi connectivity index (χ0n) is 16.4. The highest BCUT2D eigenvalue weighted by Crippen LogP contribution is 2.43. The van der Waals surface area contributed by atoms with Gasteiger partial charge in [0.05, 0.1) is 12.2 Å². The standard InChI is InChI=1S/C21H31N5O/c1-3-22-20(24-17-21(9-5-10-21)11-14-27-2)23-16-18-7-4-8-19(15-18)26-13-6-12-25-26/h4,6-8,12-13,15H,3,5,9-11,14,16-17H2,1-2H3,(H2,22,23,24). The van der Waals surface area contributed by atoms with E-state index in [1.54, 1.807) is 13.3 Å². The summed E-state index contributed by atoms with van der Waals surface area (Å²) in [6, 6.07) is 10.3. The Morgan fingerprint density at radius 3 is 2.85 bits per heavy atom. The lowest BCUT2D eigenvalue weighted by Gasteiger charge is -2.42. The number of aromatic nitrogens is 2. The van der Waals surface area contributed by atoms with Gasteiger partial charge in [-0.1, -0.05) is 18.6 Å². The van der Waals surface area contributed by atoms with Gasteiger partial charge in [-0.2, -0.15) is 5.10 Å². The van der Waals surface area contributed by atoms with Crippen molar-refractivity contribution in [1.82, 2.24) is 20.4 Å². The van der Waals surface area contributed by atoms with Crippen LogP contribution in [-0.4, -0.2) is 42.5 Å². The summed E-state index contributed by atoms with van der Waals surface area (Å²) in [5.74, 6) is 0.880. The fourth-order valence-corrected chi connectivity index (χ4v) is 3.51. The van der Waals surface area contributed by atoms with Gasteiger partial charge in [0.1, 0.15) is 0 Å². The van der Waals surface area contributed by atoms with Crippen LogP contribution in [0, 0.1) is 5.41 Å². The van der Waals surface area contributed by atoms with Gasteiger partial charge in [-0.15, -0.1) is 0 Å². The summed E-state index contributed by atoms with van der Waals surface area (Å²) in [6.45, 7) is 5.37. The molecule has 0 spiro atoms. The molecule has 0 aliphatic heterocycles. The maximum absolute atomic E-state index is 5.29. The zero-order chi connectivity index (χ0) is 19.0. The molecule has 0 bridgehead atoms.